The third-order valence-electron chi connectivity index (χ3n) is 4.05. The van der Waals surface area contributed by atoms with Crippen LogP contribution in [0.25, 0.3) is 0 Å². The second-order valence-corrected chi connectivity index (χ2v) is 8.20. The first-order chi connectivity index (χ1) is 13.8. The van der Waals surface area contributed by atoms with Gasteiger partial charge in [-0.25, -0.2) is 13.8 Å². The highest BCUT2D eigenvalue weighted by Gasteiger charge is 2.23. The largest absolute Gasteiger partial charge is 0.496 e. The fourth-order valence-corrected chi connectivity index (χ4v) is 3.77. The van der Waals surface area contributed by atoms with Gasteiger partial charge in [-0.15, -0.1) is 0 Å². The Morgan fingerprint density at radius 3 is 2.59 bits per heavy atom. The van der Waals surface area contributed by atoms with Crippen LogP contribution < -0.4 is 14.9 Å². The maximum absolute atomic E-state index is 12.7. The van der Waals surface area contributed by atoms with Gasteiger partial charge in [-0.1, -0.05) is 12.1 Å². The van der Waals surface area contributed by atoms with Gasteiger partial charge in [-0.05, 0) is 49.7 Å². The van der Waals surface area contributed by atoms with E-state index >= 15 is 0 Å². The zero-order valence-corrected chi connectivity index (χ0v) is 17.7. The van der Waals surface area contributed by atoms with Crippen LogP contribution in [-0.4, -0.2) is 52.2 Å². The monoisotopic (exact) mass is 419 g/mol. The number of carbonyl (C=O) groups excluding carboxylic acids is 1. The molecule has 0 aliphatic rings. The molecule has 29 heavy (non-hydrogen) atoms. The number of amides is 1. The lowest BCUT2D eigenvalue weighted by Crippen LogP contribution is -2.36. The van der Waals surface area contributed by atoms with E-state index in [2.05, 4.69) is 10.5 Å². The Kier molecular flexibility index (Phi) is 7.74. The quantitative estimate of drug-likeness (QED) is 0.496. The predicted octanol–water partition coefficient (Wildman–Crippen LogP) is 2.17. The number of hydrogen-bond donors (Lipinski definition) is 1. The lowest BCUT2D eigenvalue weighted by molar-refractivity contribution is -0.121. The number of rotatable bonds is 9. The number of nitrogens with one attached hydrogen (secondary N) is 1. The van der Waals surface area contributed by atoms with Crippen molar-refractivity contribution in [2.24, 2.45) is 5.10 Å². The van der Waals surface area contributed by atoms with Crippen molar-refractivity contribution in [2.75, 3.05) is 27.3 Å². The number of carbonyl (C=O) groups is 1. The van der Waals surface area contributed by atoms with E-state index in [1.165, 1.54) is 32.5 Å². The molecule has 0 unspecified atom stereocenters. The van der Waals surface area contributed by atoms with Crippen molar-refractivity contribution in [3.63, 3.8) is 0 Å². The molecule has 0 bridgehead atoms. The minimum atomic E-state index is -3.83. The van der Waals surface area contributed by atoms with Crippen LogP contribution in [0.1, 0.15) is 18.1 Å². The number of para-hydroxylation sites is 1. The van der Waals surface area contributed by atoms with E-state index in [1.54, 1.807) is 25.1 Å². The van der Waals surface area contributed by atoms with E-state index in [1.807, 2.05) is 19.1 Å². The Bertz CT molecular complexity index is 989. The standard InChI is InChI=1S/C20H25N3O5S/c1-5-28-19-9-7-6-8-16(19)13-21-22-20(24)14-23(3)29(25,26)17-10-11-18(27-4)15(2)12-17/h6-13H,5,14H2,1-4H3,(H,22,24). The van der Waals surface area contributed by atoms with E-state index in [9.17, 15) is 13.2 Å². The number of benzene rings is 2. The van der Waals surface area contributed by atoms with E-state index in [0.29, 0.717) is 29.2 Å². The molecule has 0 saturated heterocycles. The molecular weight excluding hydrogens is 394 g/mol. The predicted molar refractivity (Wildman–Crippen MR) is 111 cm³/mol. The van der Waals surface area contributed by atoms with Crippen LogP contribution in [0.2, 0.25) is 0 Å². The summed E-state index contributed by atoms with van der Waals surface area (Å²) < 4.78 is 37.0. The van der Waals surface area contributed by atoms with Gasteiger partial charge >= 0.3 is 0 Å². The molecule has 156 valence electrons. The third kappa shape index (κ3) is 5.78. The lowest BCUT2D eigenvalue weighted by Gasteiger charge is -2.17. The molecule has 0 atom stereocenters. The summed E-state index contributed by atoms with van der Waals surface area (Å²) in [5, 5.41) is 3.89. The molecule has 2 rings (SSSR count). The van der Waals surface area contributed by atoms with Gasteiger partial charge in [-0.3, -0.25) is 4.79 Å². The van der Waals surface area contributed by atoms with Gasteiger partial charge in [0, 0.05) is 12.6 Å². The second kappa shape index (κ2) is 10.0. The molecule has 0 saturated carbocycles. The van der Waals surface area contributed by atoms with Crippen molar-refractivity contribution in [3.05, 3.63) is 53.6 Å². The van der Waals surface area contributed by atoms with Crippen molar-refractivity contribution in [2.45, 2.75) is 18.7 Å². The molecule has 0 aromatic heterocycles. The van der Waals surface area contributed by atoms with Crippen LogP contribution in [0.15, 0.2) is 52.5 Å². The highest BCUT2D eigenvalue weighted by Crippen LogP contribution is 2.23. The van der Waals surface area contributed by atoms with Crippen LogP contribution in [0, 0.1) is 6.92 Å². The Labute approximate surface area is 171 Å². The van der Waals surface area contributed by atoms with Crippen LogP contribution in [0.3, 0.4) is 0 Å². The van der Waals surface area contributed by atoms with Crippen molar-refractivity contribution >= 4 is 22.1 Å². The minimum Gasteiger partial charge on any atom is -0.496 e. The number of methoxy groups -OCH3 is 1. The van der Waals surface area contributed by atoms with E-state index in [4.69, 9.17) is 9.47 Å². The van der Waals surface area contributed by atoms with Crippen molar-refractivity contribution in [1.29, 1.82) is 0 Å². The summed E-state index contributed by atoms with van der Waals surface area (Å²) in [6.45, 7) is 3.75. The van der Waals surface area contributed by atoms with Crippen molar-refractivity contribution in [3.8, 4) is 11.5 Å². The summed E-state index contributed by atoms with van der Waals surface area (Å²) in [5.41, 5.74) is 3.72. The number of ether oxygens (including phenoxy) is 2. The highest BCUT2D eigenvalue weighted by atomic mass is 32.2. The fourth-order valence-electron chi connectivity index (χ4n) is 2.56. The average Bonchev–Trinajstić information content (AvgIpc) is 2.69. The minimum absolute atomic E-state index is 0.0836. The first kappa shape index (κ1) is 22.4. The average molecular weight is 420 g/mol. The number of sulfonamides is 1. The number of hydrazone groups is 1. The Balaban J connectivity index is 2.02. The summed E-state index contributed by atoms with van der Waals surface area (Å²) in [5.74, 6) is 0.667. The highest BCUT2D eigenvalue weighted by molar-refractivity contribution is 7.89. The lowest BCUT2D eigenvalue weighted by atomic mass is 10.2. The Morgan fingerprint density at radius 1 is 1.21 bits per heavy atom. The van der Waals surface area contributed by atoms with Gasteiger partial charge in [0.05, 0.1) is 31.4 Å². The molecule has 2 aromatic carbocycles. The van der Waals surface area contributed by atoms with Gasteiger partial charge < -0.3 is 9.47 Å². The van der Waals surface area contributed by atoms with Crippen LogP contribution >= 0.6 is 0 Å². The first-order valence-electron chi connectivity index (χ1n) is 8.94. The van der Waals surface area contributed by atoms with Crippen LogP contribution in [-0.2, 0) is 14.8 Å². The molecule has 0 aliphatic carbocycles. The second-order valence-electron chi connectivity index (χ2n) is 6.16. The molecule has 8 nitrogen and oxygen atoms in total. The SMILES string of the molecule is CCOc1ccccc1C=NNC(=O)CN(C)S(=O)(=O)c1ccc(OC)c(C)c1. The first-order valence-corrected chi connectivity index (χ1v) is 10.4. The fraction of sp³-hybridized carbons (Fsp3) is 0.300. The normalized spacial score (nSPS) is 11.6. The summed E-state index contributed by atoms with van der Waals surface area (Å²) >= 11 is 0. The molecule has 1 N–H and O–H groups in total. The third-order valence-corrected chi connectivity index (χ3v) is 5.85. The topological polar surface area (TPSA) is 97.3 Å². The van der Waals surface area contributed by atoms with E-state index in [0.717, 1.165) is 4.31 Å². The zero-order chi connectivity index (χ0) is 21.4. The zero-order valence-electron chi connectivity index (χ0n) is 16.9. The molecule has 0 spiro atoms. The Morgan fingerprint density at radius 2 is 1.93 bits per heavy atom. The van der Waals surface area contributed by atoms with Gasteiger partial charge in [0.1, 0.15) is 11.5 Å². The van der Waals surface area contributed by atoms with Crippen LogP contribution in [0.4, 0.5) is 0 Å². The summed E-state index contributed by atoms with van der Waals surface area (Å²) in [6.07, 6.45) is 1.45. The number of nitrogens with zero attached hydrogens (tertiary/aromatic N) is 2. The Hall–Kier alpha value is -2.91. The summed E-state index contributed by atoms with van der Waals surface area (Å²) in [4.78, 5) is 12.2. The molecule has 0 fully saturated rings. The van der Waals surface area contributed by atoms with Gasteiger partial charge in [0.25, 0.3) is 5.91 Å². The smallest absolute Gasteiger partial charge is 0.255 e. The van der Waals surface area contributed by atoms with Crippen LogP contribution in [0.5, 0.6) is 11.5 Å². The van der Waals surface area contributed by atoms with Crippen molar-refractivity contribution in [1.82, 2.24) is 9.73 Å². The summed E-state index contributed by atoms with van der Waals surface area (Å²) in [7, 11) is -0.978. The van der Waals surface area contributed by atoms with E-state index < -0.39 is 15.9 Å². The van der Waals surface area contributed by atoms with Gasteiger partial charge in [-0.2, -0.15) is 9.41 Å². The molecule has 0 aliphatic heterocycles. The maximum Gasteiger partial charge on any atom is 0.255 e. The van der Waals surface area contributed by atoms with Crippen molar-refractivity contribution < 1.29 is 22.7 Å². The summed E-state index contributed by atoms with van der Waals surface area (Å²) in [6, 6.07) is 11.8. The van der Waals surface area contributed by atoms with Gasteiger partial charge in [0.2, 0.25) is 10.0 Å². The maximum atomic E-state index is 12.7. The molecule has 9 heteroatoms. The molecule has 0 radical (unpaired) electrons. The molecule has 1 amide bonds. The van der Waals surface area contributed by atoms with Gasteiger partial charge in [0.15, 0.2) is 0 Å². The number of hydrogen-bond acceptors (Lipinski definition) is 6. The molecular formula is C20H25N3O5S. The number of aryl methyl sites for hydroxylation is 1. The number of likely N-dealkylation sites (N-methyl/N-ethyl adjacent to an activating group) is 1. The molecule has 0 heterocycles. The van der Waals surface area contributed by atoms with E-state index in [-0.39, 0.29) is 11.4 Å². The molecule has 2 aromatic rings.